The van der Waals surface area contributed by atoms with Crippen molar-refractivity contribution < 1.29 is 18.5 Å². The Morgan fingerprint density at radius 1 is 1.55 bits per heavy atom. The normalized spacial score (nSPS) is 17.9. The van der Waals surface area contributed by atoms with Crippen molar-refractivity contribution >= 4 is 7.75 Å². The predicted molar refractivity (Wildman–Crippen MR) is 42.9 cm³/mol. The summed E-state index contributed by atoms with van der Waals surface area (Å²) in [6.45, 7) is 0.857. The number of rotatable bonds is 4. The molecule has 11 heavy (non-hydrogen) atoms. The van der Waals surface area contributed by atoms with Gasteiger partial charge in [0, 0.05) is 0 Å². The van der Waals surface area contributed by atoms with Crippen LogP contribution in [0.4, 0.5) is 0 Å². The SMILES string of the molecule is C[N+](C)(C)CCOP(N)(=O)O. The van der Waals surface area contributed by atoms with E-state index in [-0.39, 0.29) is 6.61 Å². The number of quaternary nitrogens is 1. The van der Waals surface area contributed by atoms with Gasteiger partial charge in [-0.3, -0.25) is 4.52 Å². The molecular weight excluding hydrogens is 167 g/mol. The van der Waals surface area contributed by atoms with Crippen LogP contribution in [-0.2, 0) is 9.09 Å². The van der Waals surface area contributed by atoms with Gasteiger partial charge in [0.1, 0.15) is 13.2 Å². The maximum Gasteiger partial charge on any atom is 0.400 e. The standard InChI is InChI=1S/C5H15N2O3P/c1-7(2,3)4-5-10-11(6,8)9/h4-5H2,1-3H3,(H2-,6,8,9)/p+1. The molecule has 0 aromatic heterocycles. The minimum Gasteiger partial charge on any atom is -0.329 e. The van der Waals surface area contributed by atoms with Crippen LogP contribution < -0.4 is 5.50 Å². The van der Waals surface area contributed by atoms with Crippen molar-refractivity contribution in [2.75, 3.05) is 34.3 Å². The zero-order valence-corrected chi connectivity index (χ0v) is 8.04. The Hall–Kier alpha value is 0.0700. The average molecular weight is 183 g/mol. The second-order valence-corrected chi connectivity index (χ2v) is 4.80. The first-order valence-corrected chi connectivity index (χ1v) is 4.92. The summed E-state index contributed by atoms with van der Waals surface area (Å²) in [7, 11) is 2.12. The van der Waals surface area contributed by atoms with Crippen LogP contribution in [0.25, 0.3) is 0 Å². The van der Waals surface area contributed by atoms with E-state index in [1.807, 2.05) is 21.1 Å². The summed E-state index contributed by atoms with van der Waals surface area (Å²) >= 11 is 0. The van der Waals surface area contributed by atoms with Crippen LogP contribution in [0.5, 0.6) is 0 Å². The van der Waals surface area contributed by atoms with Crippen molar-refractivity contribution in [1.29, 1.82) is 0 Å². The Bertz CT molecular complexity index is 160. The molecule has 0 heterocycles. The van der Waals surface area contributed by atoms with Crippen LogP contribution >= 0.6 is 7.75 Å². The van der Waals surface area contributed by atoms with Gasteiger partial charge < -0.3 is 9.38 Å². The van der Waals surface area contributed by atoms with Crippen molar-refractivity contribution in [1.82, 2.24) is 0 Å². The zero-order valence-electron chi connectivity index (χ0n) is 7.15. The number of likely N-dealkylation sites (N-methyl/N-ethyl adjacent to an activating group) is 1. The number of nitrogens with two attached hydrogens (primary N) is 1. The van der Waals surface area contributed by atoms with Gasteiger partial charge in [0.25, 0.3) is 0 Å². The van der Waals surface area contributed by atoms with Crippen LogP contribution in [-0.4, -0.2) is 43.7 Å². The van der Waals surface area contributed by atoms with E-state index in [2.05, 4.69) is 4.52 Å². The third kappa shape index (κ3) is 10.1. The summed E-state index contributed by atoms with van der Waals surface area (Å²) in [5.41, 5.74) is 4.75. The molecule has 5 nitrogen and oxygen atoms in total. The van der Waals surface area contributed by atoms with E-state index < -0.39 is 7.75 Å². The second kappa shape index (κ2) is 3.65. The lowest BCUT2D eigenvalue weighted by Gasteiger charge is -2.23. The molecule has 0 saturated carbocycles. The van der Waals surface area contributed by atoms with Crippen molar-refractivity contribution in [3.05, 3.63) is 0 Å². The van der Waals surface area contributed by atoms with Gasteiger partial charge in [-0.05, 0) is 0 Å². The molecule has 0 aliphatic heterocycles. The molecule has 0 aromatic carbocycles. The third-order valence-corrected chi connectivity index (χ3v) is 1.59. The highest BCUT2D eigenvalue weighted by atomic mass is 31.2. The second-order valence-electron chi connectivity index (χ2n) is 3.41. The van der Waals surface area contributed by atoms with E-state index >= 15 is 0 Å². The molecule has 0 saturated heterocycles. The van der Waals surface area contributed by atoms with Crippen molar-refractivity contribution in [2.45, 2.75) is 0 Å². The molecule has 68 valence electrons. The van der Waals surface area contributed by atoms with Crippen LogP contribution in [0.2, 0.25) is 0 Å². The first kappa shape index (κ1) is 11.1. The largest absolute Gasteiger partial charge is 0.400 e. The van der Waals surface area contributed by atoms with Gasteiger partial charge in [-0.1, -0.05) is 0 Å². The Balaban J connectivity index is 3.52. The molecule has 0 aromatic rings. The van der Waals surface area contributed by atoms with E-state index in [9.17, 15) is 4.57 Å². The zero-order chi connectivity index (χ0) is 9.12. The van der Waals surface area contributed by atoms with Gasteiger partial charge in [0.15, 0.2) is 0 Å². The molecule has 3 N–H and O–H groups in total. The molecule has 0 aliphatic carbocycles. The topological polar surface area (TPSA) is 72.5 Å². The van der Waals surface area contributed by atoms with E-state index in [1.54, 1.807) is 0 Å². The van der Waals surface area contributed by atoms with Gasteiger partial charge in [-0.25, -0.2) is 10.1 Å². The first-order valence-electron chi connectivity index (χ1n) is 3.27. The summed E-state index contributed by atoms with van der Waals surface area (Å²) in [6.07, 6.45) is 0. The Labute approximate surface area is 66.9 Å². The molecule has 0 bridgehead atoms. The van der Waals surface area contributed by atoms with Gasteiger partial charge in [0.05, 0.1) is 21.1 Å². The molecule has 1 atom stereocenters. The van der Waals surface area contributed by atoms with E-state index in [0.29, 0.717) is 11.0 Å². The van der Waals surface area contributed by atoms with Crippen LogP contribution in [0, 0.1) is 0 Å². The number of hydrogen-bond donors (Lipinski definition) is 2. The fourth-order valence-electron chi connectivity index (χ4n) is 0.445. The highest BCUT2D eigenvalue weighted by Gasteiger charge is 2.13. The molecule has 0 aliphatic rings. The Morgan fingerprint density at radius 3 is 2.27 bits per heavy atom. The molecule has 0 spiro atoms. The fraction of sp³-hybridized carbons (Fsp3) is 1.00. The Kier molecular flexibility index (Phi) is 3.67. The minimum atomic E-state index is -3.76. The molecule has 6 heteroatoms. The minimum absolute atomic E-state index is 0.202. The number of hydrogen-bond acceptors (Lipinski definition) is 2. The van der Waals surface area contributed by atoms with Crippen LogP contribution in [0.3, 0.4) is 0 Å². The summed E-state index contributed by atoms with van der Waals surface area (Å²) in [5.74, 6) is 0. The summed E-state index contributed by atoms with van der Waals surface area (Å²) in [5, 5.41) is 0. The quantitative estimate of drug-likeness (QED) is 0.466. The molecule has 1 unspecified atom stereocenters. The lowest BCUT2D eigenvalue weighted by atomic mass is 10.5. The highest BCUT2D eigenvalue weighted by molar-refractivity contribution is 7.50. The molecule has 0 amide bonds. The van der Waals surface area contributed by atoms with Gasteiger partial charge in [0.2, 0.25) is 0 Å². The fourth-order valence-corrected chi connectivity index (χ4v) is 0.789. The monoisotopic (exact) mass is 183 g/mol. The van der Waals surface area contributed by atoms with Crippen molar-refractivity contribution in [2.24, 2.45) is 5.50 Å². The maximum atomic E-state index is 10.4. The highest BCUT2D eigenvalue weighted by Crippen LogP contribution is 2.30. The molecule has 0 radical (unpaired) electrons. The van der Waals surface area contributed by atoms with Gasteiger partial charge >= 0.3 is 7.75 Å². The van der Waals surface area contributed by atoms with Gasteiger partial charge in [-0.2, -0.15) is 0 Å². The third-order valence-electron chi connectivity index (χ3n) is 1.04. The summed E-state index contributed by atoms with van der Waals surface area (Å²) in [6, 6.07) is 0. The average Bonchev–Trinajstić information content (AvgIpc) is 1.55. The Morgan fingerprint density at radius 2 is 2.00 bits per heavy atom. The van der Waals surface area contributed by atoms with Crippen molar-refractivity contribution in [3.8, 4) is 0 Å². The van der Waals surface area contributed by atoms with Crippen LogP contribution in [0.1, 0.15) is 0 Å². The smallest absolute Gasteiger partial charge is 0.329 e. The first-order chi connectivity index (χ1) is 4.71. The lowest BCUT2D eigenvalue weighted by molar-refractivity contribution is -0.870. The number of nitrogens with zero attached hydrogens (tertiary/aromatic N) is 1. The van der Waals surface area contributed by atoms with Crippen molar-refractivity contribution in [3.63, 3.8) is 0 Å². The van der Waals surface area contributed by atoms with E-state index in [4.69, 9.17) is 10.4 Å². The maximum absolute atomic E-state index is 10.4. The van der Waals surface area contributed by atoms with Gasteiger partial charge in [-0.15, -0.1) is 0 Å². The molecular formula is C5H16N2O3P+. The molecule has 0 rings (SSSR count). The molecule has 0 fully saturated rings. The van der Waals surface area contributed by atoms with Crippen LogP contribution in [0.15, 0.2) is 0 Å². The predicted octanol–water partition coefficient (Wildman–Crippen LogP) is -0.232. The van der Waals surface area contributed by atoms with E-state index in [1.165, 1.54) is 0 Å². The summed E-state index contributed by atoms with van der Waals surface area (Å²) < 4.78 is 15.6. The summed E-state index contributed by atoms with van der Waals surface area (Å²) in [4.78, 5) is 8.52. The lowest BCUT2D eigenvalue weighted by Crippen LogP contribution is -2.37. The van der Waals surface area contributed by atoms with E-state index in [0.717, 1.165) is 0 Å².